The van der Waals surface area contributed by atoms with E-state index in [4.69, 9.17) is 4.74 Å². The second kappa shape index (κ2) is 8.47. The van der Waals surface area contributed by atoms with Crippen LogP contribution >= 0.6 is 0 Å². The highest BCUT2D eigenvalue weighted by atomic mass is 16.5. The molecule has 0 spiro atoms. The Balaban J connectivity index is 1.82. The zero-order valence-electron chi connectivity index (χ0n) is 15.3. The van der Waals surface area contributed by atoms with E-state index in [-0.39, 0.29) is 5.91 Å². The van der Waals surface area contributed by atoms with Gasteiger partial charge in [0.1, 0.15) is 18.0 Å². The summed E-state index contributed by atoms with van der Waals surface area (Å²) in [6.45, 7) is 4.98. The van der Waals surface area contributed by atoms with Gasteiger partial charge in [-0.1, -0.05) is 19.3 Å². The molecule has 1 aliphatic carbocycles. The third kappa shape index (κ3) is 4.21. The molecule has 138 valence electrons. The molecule has 1 amide bonds. The van der Waals surface area contributed by atoms with Crippen LogP contribution in [0.25, 0.3) is 0 Å². The number of carbonyl (C=O) groups excluding carboxylic acids is 1. The van der Waals surface area contributed by atoms with Gasteiger partial charge in [-0.15, -0.1) is 0 Å². The minimum Gasteiger partial charge on any atom is -0.380 e. The average molecular weight is 347 g/mol. The Morgan fingerprint density at radius 2 is 2.04 bits per heavy atom. The summed E-state index contributed by atoms with van der Waals surface area (Å²) in [4.78, 5) is 25.7. The Kier molecular flexibility index (Phi) is 6.07. The van der Waals surface area contributed by atoms with E-state index in [1.807, 2.05) is 18.9 Å². The monoisotopic (exact) mass is 347 g/mol. The molecule has 7 heteroatoms. The largest absolute Gasteiger partial charge is 0.380 e. The molecule has 1 N–H and O–H groups in total. The fourth-order valence-corrected chi connectivity index (χ4v) is 3.77. The number of amides is 1. The molecule has 7 nitrogen and oxygen atoms in total. The number of hydrogen-bond acceptors (Lipinski definition) is 6. The van der Waals surface area contributed by atoms with Crippen LogP contribution in [0.2, 0.25) is 0 Å². The van der Waals surface area contributed by atoms with Crippen LogP contribution in [0.5, 0.6) is 0 Å². The number of anilines is 2. The van der Waals surface area contributed by atoms with Gasteiger partial charge >= 0.3 is 0 Å². The van der Waals surface area contributed by atoms with Gasteiger partial charge in [0.2, 0.25) is 5.91 Å². The number of likely N-dealkylation sites (N-methyl/N-ethyl adjacent to an activating group) is 1. The van der Waals surface area contributed by atoms with E-state index in [2.05, 4.69) is 20.2 Å². The van der Waals surface area contributed by atoms with Crippen molar-refractivity contribution in [3.8, 4) is 0 Å². The molecule has 0 saturated heterocycles. The lowest BCUT2D eigenvalue weighted by atomic mass is 9.94. The van der Waals surface area contributed by atoms with E-state index in [1.54, 1.807) is 6.33 Å². The maximum Gasteiger partial charge on any atom is 0.242 e. The van der Waals surface area contributed by atoms with E-state index >= 15 is 0 Å². The molecule has 1 fully saturated rings. The van der Waals surface area contributed by atoms with Crippen molar-refractivity contribution >= 4 is 17.5 Å². The second-order valence-corrected chi connectivity index (χ2v) is 6.82. The van der Waals surface area contributed by atoms with Crippen LogP contribution in [-0.2, 0) is 16.1 Å². The molecule has 0 bridgehead atoms. The molecule has 0 radical (unpaired) electrons. The van der Waals surface area contributed by atoms with E-state index in [9.17, 15) is 4.79 Å². The van der Waals surface area contributed by atoms with Crippen LogP contribution in [0, 0.1) is 0 Å². The fraction of sp³-hybridized carbons (Fsp3) is 0.722. The van der Waals surface area contributed by atoms with Crippen molar-refractivity contribution in [3.05, 3.63) is 11.9 Å². The Bertz CT molecular complexity index is 589. The lowest BCUT2D eigenvalue weighted by Crippen LogP contribution is -2.43. The summed E-state index contributed by atoms with van der Waals surface area (Å²) in [6.07, 6.45) is 7.47. The summed E-state index contributed by atoms with van der Waals surface area (Å²) in [5, 5.41) is 3.35. The number of aromatic nitrogens is 2. The van der Waals surface area contributed by atoms with Gasteiger partial charge in [0.25, 0.3) is 0 Å². The van der Waals surface area contributed by atoms with Crippen molar-refractivity contribution in [3.63, 3.8) is 0 Å². The van der Waals surface area contributed by atoms with E-state index in [0.29, 0.717) is 38.9 Å². The number of hydrogen-bond donors (Lipinski definition) is 1. The number of nitrogens with one attached hydrogen (secondary N) is 1. The maximum atomic E-state index is 12.8. The first-order valence-electron chi connectivity index (χ1n) is 9.36. The summed E-state index contributed by atoms with van der Waals surface area (Å²) in [5.41, 5.74) is 1.01. The topological polar surface area (TPSA) is 70.6 Å². The fourth-order valence-electron chi connectivity index (χ4n) is 3.77. The van der Waals surface area contributed by atoms with Gasteiger partial charge < -0.3 is 19.9 Å². The van der Waals surface area contributed by atoms with Crippen LogP contribution < -0.4 is 10.2 Å². The zero-order valence-corrected chi connectivity index (χ0v) is 15.3. The van der Waals surface area contributed by atoms with Crippen molar-refractivity contribution in [2.45, 2.75) is 51.6 Å². The first kappa shape index (κ1) is 17.9. The lowest BCUT2D eigenvalue weighted by Gasteiger charge is -2.33. The molecule has 1 aromatic rings. The van der Waals surface area contributed by atoms with Crippen molar-refractivity contribution in [2.75, 3.05) is 43.6 Å². The third-order valence-electron chi connectivity index (χ3n) is 5.06. The Hall–Kier alpha value is -1.89. The van der Waals surface area contributed by atoms with Crippen LogP contribution in [0.3, 0.4) is 0 Å². The number of carbonyl (C=O) groups is 1. The SMILES string of the molecule is CCOCCNc1ncnc2c1CN(C1CCCCC1)C(=O)CN2C. The van der Waals surface area contributed by atoms with E-state index < -0.39 is 0 Å². The highest BCUT2D eigenvalue weighted by molar-refractivity contribution is 5.83. The predicted molar refractivity (Wildman–Crippen MR) is 97.7 cm³/mol. The van der Waals surface area contributed by atoms with Crippen LogP contribution in [0.15, 0.2) is 6.33 Å². The van der Waals surface area contributed by atoms with Gasteiger partial charge in [0.15, 0.2) is 0 Å². The highest BCUT2D eigenvalue weighted by Gasteiger charge is 2.32. The number of fused-ring (bicyclic) bond motifs is 1. The third-order valence-corrected chi connectivity index (χ3v) is 5.06. The zero-order chi connectivity index (χ0) is 17.6. The van der Waals surface area contributed by atoms with Gasteiger partial charge in [-0.05, 0) is 19.8 Å². The first-order chi connectivity index (χ1) is 12.2. The number of rotatable bonds is 6. The van der Waals surface area contributed by atoms with Crippen molar-refractivity contribution in [1.82, 2.24) is 14.9 Å². The molecular formula is C18H29N5O2. The van der Waals surface area contributed by atoms with E-state index in [0.717, 1.165) is 30.0 Å². The molecule has 1 aromatic heterocycles. The molecule has 3 rings (SSSR count). The van der Waals surface area contributed by atoms with Crippen molar-refractivity contribution in [2.24, 2.45) is 0 Å². The van der Waals surface area contributed by atoms with Gasteiger partial charge in [0.05, 0.1) is 25.3 Å². The standard InChI is InChI=1S/C18H29N5O2/c1-3-25-10-9-19-17-15-11-23(14-7-5-4-6-8-14)16(24)12-22(2)18(15)21-13-20-17/h13-14H,3-12H2,1-2H3,(H,19,20,21). The number of nitrogens with zero attached hydrogens (tertiary/aromatic N) is 4. The molecule has 25 heavy (non-hydrogen) atoms. The van der Waals surface area contributed by atoms with Gasteiger partial charge in [0, 0.05) is 26.2 Å². The Morgan fingerprint density at radius 3 is 2.80 bits per heavy atom. The average Bonchev–Trinajstić information content (AvgIpc) is 2.76. The molecule has 1 aliphatic heterocycles. The van der Waals surface area contributed by atoms with Crippen LogP contribution in [0.1, 0.15) is 44.6 Å². The Labute approximate surface area is 149 Å². The normalized spacial score (nSPS) is 18.9. The highest BCUT2D eigenvalue weighted by Crippen LogP contribution is 2.31. The van der Waals surface area contributed by atoms with Crippen molar-refractivity contribution < 1.29 is 9.53 Å². The lowest BCUT2D eigenvalue weighted by molar-refractivity contribution is -0.133. The molecule has 2 aliphatic rings. The second-order valence-electron chi connectivity index (χ2n) is 6.82. The molecule has 1 saturated carbocycles. The van der Waals surface area contributed by atoms with Crippen LogP contribution in [0.4, 0.5) is 11.6 Å². The van der Waals surface area contributed by atoms with E-state index in [1.165, 1.54) is 19.3 Å². The molecular weight excluding hydrogens is 318 g/mol. The predicted octanol–water partition coefficient (Wildman–Crippen LogP) is 2.04. The number of ether oxygens (including phenoxy) is 1. The molecule has 0 atom stereocenters. The minimum absolute atomic E-state index is 0.188. The molecule has 0 unspecified atom stereocenters. The Morgan fingerprint density at radius 1 is 1.24 bits per heavy atom. The quantitative estimate of drug-likeness (QED) is 0.794. The van der Waals surface area contributed by atoms with Crippen LogP contribution in [-0.4, -0.2) is 60.2 Å². The summed E-state index contributed by atoms with van der Waals surface area (Å²) >= 11 is 0. The maximum absolute atomic E-state index is 12.8. The summed E-state index contributed by atoms with van der Waals surface area (Å²) < 4.78 is 5.40. The van der Waals surface area contributed by atoms with Gasteiger partial charge in [-0.3, -0.25) is 4.79 Å². The van der Waals surface area contributed by atoms with Gasteiger partial charge in [-0.25, -0.2) is 9.97 Å². The summed E-state index contributed by atoms with van der Waals surface area (Å²) in [7, 11) is 1.93. The smallest absolute Gasteiger partial charge is 0.242 e. The minimum atomic E-state index is 0.188. The molecule has 0 aromatic carbocycles. The first-order valence-corrected chi connectivity index (χ1v) is 9.36. The summed E-state index contributed by atoms with van der Waals surface area (Å²) in [6, 6.07) is 0.345. The molecule has 2 heterocycles. The van der Waals surface area contributed by atoms with Gasteiger partial charge in [-0.2, -0.15) is 0 Å². The summed E-state index contributed by atoms with van der Waals surface area (Å²) in [5.74, 6) is 1.85. The van der Waals surface area contributed by atoms with Crippen molar-refractivity contribution in [1.29, 1.82) is 0 Å².